The first-order chi connectivity index (χ1) is 23.3. The molecule has 0 N–H and O–H groups in total. The van der Waals surface area contributed by atoms with Crippen molar-refractivity contribution >= 4 is 10.8 Å². The first kappa shape index (κ1) is 27.0. The Morgan fingerprint density at radius 1 is 0.319 bits per heavy atom. The monoisotopic (exact) mass is 601 g/mol. The Bertz CT molecular complexity index is 2360. The second-order valence-corrected chi connectivity index (χ2v) is 11.7. The molecule has 0 saturated carbocycles. The van der Waals surface area contributed by atoms with Crippen molar-refractivity contribution in [3.05, 3.63) is 164 Å². The van der Waals surface area contributed by atoms with E-state index in [2.05, 4.69) is 84.9 Å². The first-order valence-electron chi connectivity index (χ1n) is 15.7. The number of ether oxygens (including phenoxy) is 1. The van der Waals surface area contributed by atoms with E-state index in [9.17, 15) is 0 Å². The molecule has 1 aromatic heterocycles. The number of aromatic nitrogens is 3. The third kappa shape index (κ3) is 4.93. The summed E-state index contributed by atoms with van der Waals surface area (Å²) < 4.78 is 6.41. The van der Waals surface area contributed by atoms with Gasteiger partial charge in [-0.2, -0.15) is 0 Å². The van der Waals surface area contributed by atoms with Crippen LogP contribution in [0.15, 0.2) is 164 Å². The van der Waals surface area contributed by atoms with Gasteiger partial charge in [0.25, 0.3) is 0 Å². The van der Waals surface area contributed by atoms with Gasteiger partial charge in [-0.3, -0.25) is 0 Å². The van der Waals surface area contributed by atoms with Crippen LogP contribution in [-0.4, -0.2) is 15.0 Å². The van der Waals surface area contributed by atoms with Crippen LogP contribution < -0.4 is 4.74 Å². The first-order valence-corrected chi connectivity index (χ1v) is 15.7. The van der Waals surface area contributed by atoms with Crippen molar-refractivity contribution in [3.8, 4) is 79.0 Å². The lowest BCUT2D eigenvalue weighted by Crippen LogP contribution is -2.00. The molecule has 8 aromatic rings. The number of rotatable bonds is 5. The van der Waals surface area contributed by atoms with E-state index in [1.807, 2.05) is 78.9 Å². The molecule has 1 aliphatic rings. The van der Waals surface area contributed by atoms with Crippen molar-refractivity contribution in [1.82, 2.24) is 15.0 Å². The van der Waals surface area contributed by atoms with Crippen molar-refractivity contribution in [3.63, 3.8) is 0 Å². The summed E-state index contributed by atoms with van der Waals surface area (Å²) in [5, 5.41) is 2.31. The van der Waals surface area contributed by atoms with Gasteiger partial charge in [-0.1, -0.05) is 127 Å². The van der Waals surface area contributed by atoms with E-state index in [4.69, 9.17) is 19.7 Å². The Morgan fingerprint density at radius 2 is 0.851 bits per heavy atom. The summed E-state index contributed by atoms with van der Waals surface area (Å²) >= 11 is 0. The normalized spacial score (nSPS) is 11.6. The van der Waals surface area contributed by atoms with E-state index < -0.39 is 0 Å². The summed E-state index contributed by atoms with van der Waals surface area (Å²) in [5.74, 6) is 3.65. The fourth-order valence-corrected chi connectivity index (χ4v) is 6.40. The number of fused-ring (bicyclic) bond motifs is 2. The second-order valence-electron chi connectivity index (χ2n) is 11.7. The fraction of sp³-hybridized carbons (Fsp3) is 0. The van der Waals surface area contributed by atoms with Crippen molar-refractivity contribution in [1.29, 1.82) is 0 Å². The zero-order valence-corrected chi connectivity index (χ0v) is 25.3. The van der Waals surface area contributed by atoms with Crippen LogP contribution in [0, 0.1) is 0 Å². The van der Waals surface area contributed by atoms with E-state index in [-0.39, 0.29) is 0 Å². The summed E-state index contributed by atoms with van der Waals surface area (Å²) in [5.41, 5.74) is 9.42. The molecule has 0 atom stereocenters. The Hall–Kier alpha value is -6.39. The average Bonchev–Trinajstić information content (AvgIpc) is 3.15. The van der Waals surface area contributed by atoms with Gasteiger partial charge in [0.15, 0.2) is 17.5 Å². The van der Waals surface area contributed by atoms with Crippen LogP contribution in [0.4, 0.5) is 0 Å². The van der Waals surface area contributed by atoms with Gasteiger partial charge in [0.2, 0.25) is 0 Å². The number of hydrogen-bond acceptors (Lipinski definition) is 4. The molecule has 0 aliphatic carbocycles. The van der Waals surface area contributed by atoms with Crippen molar-refractivity contribution in [2.75, 3.05) is 0 Å². The van der Waals surface area contributed by atoms with E-state index in [0.717, 1.165) is 61.4 Å². The molecule has 0 bridgehead atoms. The van der Waals surface area contributed by atoms with Crippen LogP contribution in [0.5, 0.6) is 11.5 Å². The molecule has 7 aromatic carbocycles. The van der Waals surface area contributed by atoms with Gasteiger partial charge < -0.3 is 4.74 Å². The minimum Gasteiger partial charge on any atom is -0.456 e. The molecule has 1 aliphatic heterocycles. The smallest absolute Gasteiger partial charge is 0.164 e. The highest BCUT2D eigenvalue weighted by atomic mass is 16.5. The van der Waals surface area contributed by atoms with Crippen LogP contribution in [0.1, 0.15) is 0 Å². The van der Waals surface area contributed by atoms with Crippen molar-refractivity contribution in [2.24, 2.45) is 0 Å². The maximum atomic E-state index is 6.41. The van der Waals surface area contributed by atoms with Gasteiger partial charge in [0.1, 0.15) is 11.5 Å². The molecule has 2 heterocycles. The molecule has 9 rings (SSSR count). The van der Waals surface area contributed by atoms with Gasteiger partial charge in [-0.15, -0.1) is 0 Å². The Morgan fingerprint density at radius 3 is 1.49 bits per heavy atom. The lowest BCUT2D eigenvalue weighted by Gasteiger charge is -2.22. The fourth-order valence-electron chi connectivity index (χ4n) is 6.40. The van der Waals surface area contributed by atoms with E-state index in [0.29, 0.717) is 17.5 Å². The Kier molecular flexibility index (Phi) is 6.43. The minimum absolute atomic E-state index is 0.622. The maximum Gasteiger partial charge on any atom is 0.164 e. The van der Waals surface area contributed by atoms with E-state index >= 15 is 0 Å². The molecule has 0 unspecified atom stereocenters. The van der Waals surface area contributed by atoms with Crippen molar-refractivity contribution in [2.45, 2.75) is 0 Å². The molecule has 47 heavy (non-hydrogen) atoms. The highest BCUT2D eigenvalue weighted by Gasteiger charge is 2.21. The molecular weight excluding hydrogens is 574 g/mol. The van der Waals surface area contributed by atoms with Crippen molar-refractivity contribution < 1.29 is 4.74 Å². The molecule has 0 amide bonds. The topological polar surface area (TPSA) is 47.9 Å². The molecule has 0 radical (unpaired) electrons. The Balaban J connectivity index is 1.25. The zero-order chi connectivity index (χ0) is 31.2. The van der Waals surface area contributed by atoms with Gasteiger partial charge in [0, 0.05) is 27.6 Å². The number of nitrogens with zero attached hydrogens (tertiary/aromatic N) is 3. The van der Waals surface area contributed by atoms with Crippen LogP contribution in [0.2, 0.25) is 0 Å². The number of hydrogen-bond donors (Lipinski definition) is 0. The van der Waals surface area contributed by atoms with E-state index in [1.54, 1.807) is 0 Å². The van der Waals surface area contributed by atoms with Gasteiger partial charge >= 0.3 is 0 Å². The summed E-state index contributed by atoms with van der Waals surface area (Å²) in [6, 6.07) is 56.4. The molecule has 0 saturated heterocycles. The summed E-state index contributed by atoms with van der Waals surface area (Å²) in [4.78, 5) is 15.0. The standard InChI is InChI=1S/C43H27N3O/c1-4-12-28(13-5-1)33-24-34(32-22-23-38-37(27-32)36-20-10-18-29-19-11-21-39(47-38)40(29)36)26-35(25-33)43-45-41(30-14-6-2-7-15-30)44-42(46-43)31-16-8-3-9-17-31/h1-27H. The molecule has 0 fully saturated rings. The number of benzene rings is 7. The van der Waals surface area contributed by atoms with Crippen LogP contribution >= 0.6 is 0 Å². The molecule has 4 heteroatoms. The third-order valence-electron chi connectivity index (χ3n) is 8.69. The summed E-state index contributed by atoms with van der Waals surface area (Å²) in [6.45, 7) is 0. The lowest BCUT2D eigenvalue weighted by molar-refractivity contribution is 0.487. The molecule has 4 nitrogen and oxygen atoms in total. The molecular formula is C43H27N3O. The minimum atomic E-state index is 0.622. The second kappa shape index (κ2) is 11.2. The molecule has 0 spiro atoms. The van der Waals surface area contributed by atoms with Crippen LogP contribution in [0.25, 0.3) is 78.3 Å². The summed E-state index contributed by atoms with van der Waals surface area (Å²) in [6.07, 6.45) is 0. The predicted octanol–water partition coefficient (Wildman–Crippen LogP) is 11.1. The third-order valence-corrected chi connectivity index (χ3v) is 8.69. The summed E-state index contributed by atoms with van der Waals surface area (Å²) in [7, 11) is 0. The lowest BCUT2D eigenvalue weighted by atomic mass is 9.91. The largest absolute Gasteiger partial charge is 0.456 e. The van der Waals surface area contributed by atoms with Gasteiger partial charge in [0.05, 0.1) is 0 Å². The SMILES string of the molecule is c1ccc(-c2cc(-c3ccc4c(c3)-c3cccc5cccc(c35)O4)cc(-c3nc(-c4ccccc4)nc(-c4ccccc4)n3)c2)cc1. The predicted molar refractivity (Wildman–Crippen MR) is 190 cm³/mol. The highest BCUT2D eigenvalue weighted by Crippen LogP contribution is 2.47. The maximum absolute atomic E-state index is 6.41. The Labute approximate surface area is 272 Å². The highest BCUT2D eigenvalue weighted by molar-refractivity contribution is 6.04. The van der Waals surface area contributed by atoms with Crippen LogP contribution in [-0.2, 0) is 0 Å². The van der Waals surface area contributed by atoms with Gasteiger partial charge in [-0.25, -0.2) is 15.0 Å². The zero-order valence-electron chi connectivity index (χ0n) is 25.3. The van der Waals surface area contributed by atoms with Crippen LogP contribution in [0.3, 0.4) is 0 Å². The van der Waals surface area contributed by atoms with Gasteiger partial charge in [-0.05, 0) is 69.6 Å². The van der Waals surface area contributed by atoms with E-state index in [1.165, 1.54) is 10.9 Å². The molecule has 220 valence electrons. The average molecular weight is 602 g/mol. The quantitative estimate of drug-likeness (QED) is 0.197.